The maximum absolute atomic E-state index is 13.0. The third-order valence-electron chi connectivity index (χ3n) is 4.22. The van der Waals surface area contributed by atoms with Crippen molar-refractivity contribution in [1.82, 2.24) is 15.6 Å². The van der Waals surface area contributed by atoms with Crippen LogP contribution in [0.2, 0.25) is 0 Å². The molecular formula is C21H16F3N3O4. The Morgan fingerprint density at radius 3 is 2.26 bits per heavy atom. The topological polar surface area (TPSA) is 89.4 Å². The molecule has 0 spiro atoms. The van der Waals surface area contributed by atoms with Gasteiger partial charge in [-0.25, -0.2) is 4.79 Å². The Labute approximate surface area is 174 Å². The molecule has 0 fully saturated rings. The number of pyridine rings is 1. The summed E-state index contributed by atoms with van der Waals surface area (Å²) in [4.78, 5) is 41.3. The molecule has 3 rings (SSSR count). The lowest BCUT2D eigenvalue weighted by molar-refractivity contribution is -0.138. The Bertz CT molecular complexity index is 1140. The molecule has 0 atom stereocenters. The van der Waals surface area contributed by atoms with Crippen LogP contribution >= 0.6 is 0 Å². The van der Waals surface area contributed by atoms with Gasteiger partial charge in [-0.2, -0.15) is 13.2 Å². The van der Waals surface area contributed by atoms with Crippen LogP contribution < -0.4 is 16.6 Å². The van der Waals surface area contributed by atoms with E-state index in [1.165, 1.54) is 29.0 Å². The van der Waals surface area contributed by atoms with Crippen molar-refractivity contribution in [3.05, 3.63) is 106 Å². The standard InChI is InChI=1S/C21H16F3N3O4/c22-21(23,24)17-11-5-4-9-15(17)18(28)25-26-31-20(30)16-10-6-12-27(19(16)29)13-14-7-2-1-3-8-14/h1-12,26H,13H2,(H,25,28). The molecule has 2 N–H and O–H groups in total. The van der Waals surface area contributed by atoms with Crippen LogP contribution in [0.15, 0.2) is 77.7 Å². The number of nitrogens with zero attached hydrogens (tertiary/aromatic N) is 1. The molecule has 0 bridgehead atoms. The van der Waals surface area contributed by atoms with Crippen LogP contribution in [0, 0.1) is 0 Å². The van der Waals surface area contributed by atoms with Crippen LogP contribution in [-0.2, 0) is 17.6 Å². The van der Waals surface area contributed by atoms with Gasteiger partial charge in [0.1, 0.15) is 5.56 Å². The smallest absolute Gasteiger partial charge is 0.346 e. The van der Waals surface area contributed by atoms with Crippen molar-refractivity contribution in [3.8, 4) is 0 Å². The number of nitrogens with one attached hydrogen (secondary N) is 2. The van der Waals surface area contributed by atoms with E-state index in [-0.39, 0.29) is 12.1 Å². The van der Waals surface area contributed by atoms with E-state index in [1.54, 1.807) is 5.59 Å². The number of alkyl halides is 3. The number of hydrazine groups is 1. The van der Waals surface area contributed by atoms with E-state index in [1.807, 2.05) is 35.8 Å². The van der Waals surface area contributed by atoms with Gasteiger partial charge < -0.3 is 9.40 Å². The molecule has 10 heteroatoms. The minimum atomic E-state index is -4.74. The minimum Gasteiger partial charge on any atom is -0.346 e. The molecule has 0 aliphatic carbocycles. The summed E-state index contributed by atoms with van der Waals surface area (Å²) in [5.41, 5.74) is 1.71. The van der Waals surface area contributed by atoms with Gasteiger partial charge in [0.2, 0.25) is 0 Å². The van der Waals surface area contributed by atoms with Crippen LogP contribution in [0.25, 0.3) is 0 Å². The molecule has 3 aromatic rings. The Balaban J connectivity index is 1.65. The molecule has 0 aliphatic rings. The number of hydrogen-bond acceptors (Lipinski definition) is 5. The lowest BCUT2D eigenvalue weighted by Crippen LogP contribution is -2.40. The summed E-state index contributed by atoms with van der Waals surface area (Å²) < 4.78 is 40.3. The number of amides is 1. The van der Waals surface area contributed by atoms with Gasteiger partial charge >= 0.3 is 12.1 Å². The van der Waals surface area contributed by atoms with Crippen LogP contribution in [-0.4, -0.2) is 16.4 Å². The van der Waals surface area contributed by atoms with Crippen LogP contribution in [0.4, 0.5) is 13.2 Å². The summed E-state index contributed by atoms with van der Waals surface area (Å²) in [7, 11) is 0. The van der Waals surface area contributed by atoms with Gasteiger partial charge in [0.25, 0.3) is 11.5 Å². The minimum absolute atomic E-state index is 0.221. The summed E-state index contributed by atoms with van der Waals surface area (Å²) >= 11 is 0. The second kappa shape index (κ2) is 9.26. The molecule has 31 heavy (non-hydrogen) atoms. The summed E-state index contributed by atoms with van der Waals surface area (Å²) in [5, 5.41) is 0. The van der Waals surface area contributed by atoms with Crippen molar-refractivity contribution < 1.29 is 27.6 Å². The molecule has 1 aromatic heterocycles. The highest BCUT2D eigenvalue weighted by molar-refractivity contribution is 5.95. The van der Waals surface area contributed by atoms with E-state index < -0.39 is 34.7 Å². The van der Waals surface area contributed by atoms with Crippen molar-refractivity contribution in [2.24, 2.45) is 0 Å². The number of benzene rings is 2. The van der Waals surface area contributed by atoms with Crippen molar-refractivity contribution >= 4 is 11.9 Å². The van der Waals surface area contributed by atoms with Gasteiger partial charge in [0.15, 0.2) is 0 Å². The predicted octanol–water partition coefficient (Wildman–Crippen LogP) is 2.92. The number of halogens is 3. The maximum Gasteiger partial charge on any atom is 0.417 e. The number of aromatic nitrogens is 1. The zero-order valence-corrected chi connectivity index (χ0v) is 15.8. The predicted molar refractivity (Wildman–Crippen MR) is 104 cm³/mol. The van der Waals surface area contributed by atoms with Crippen molar-refractivity contribution in [2.75, 3.05) is 0 Å². The van der Waals surface area contributed by atoms with Gasteiger partial charge in [0.05, 0.1) is 17.7 Å². The average Bonchev–Trinajstić information content (AvgIpc) is 2.75. The molecule has 0 radical (unpaired) electrons. The second-order valence-corrected chi connectivity index (χ2v) is 6.33. The zero-order chi connectivity index (χ0) is 22.4. The fourth-order valence-corrected chi connectivity index (χ4v) is 2.77. The Hall–Kier alpha value is -3.92. The molecule has 0 aliphatic heterocycles. The van der Waals surface area contributed by atoms with Gasteiger partial charge in [0, 0.05) is 6.20 Å². The first-order valence-corrected chi connectivity index (χ1v) is 8.93. The van der Waals surface area contributed by atoms with Gasteiger partial charge in [-0.05, 0) is 29.8 Å². The average molecular weight is 431 g/mol. The fourth-order valence-electron chi connectivity index (χ4n) is 2.77. The summed E-state index contributed by atoms with van der Waals surface area (Å²) in [5.74, 6) is -2.29. The van der Waals surface area contributed by atoms with Gasteiger partial charge in [-0.3, -0.25) is 15.0 Å². The van der Waals surface area contributed by atoms with Gasteiger partial charge in [-0.1, -0.05) is 48.1 Å². The molecule has 2 aromatic carbocycles. The van der Waals surface area contributed by atoms with E-state index in [2.05, 4.69) is 4.84 Å². The lowest BCUT2D eigenvalue weighted by atomic mass is 10.1. The highest BCUT2D eigenvalue weighted by atomic mass is 19.4. The normalized spacial score (nSPS) is 11.1. The number of carbonyl (C=O) groups excluding carboxylic acids is 2. The van der Waals surface area contributed by atoms with E-state index in [4.69, 9.17) is 0 Å². The number of rotatable bonds is 6. The lowest BCUT2D eigenvalue weighted by Gasteiger charge is -2.13. The molecule has 160 valence electrons. The van der Waals surface area contributed by atoms with E-state index >= 15 is 0 Å². The molecule has 0 saturated carbocycles. The molecule has 1 heterocycles. The summed E-state index contributed by atoms with van der Waals surface area (Å²) in [6.07, 6.45) is -3.24. The maximum atomic E-state index is 13.0. The molecule has 1 amide bonds. The van der Waals surface area contributed by atoms with E-state index in [0.717, 1.165) is 23.8 Å². The second-order valence-electron chi connectivity index (χ2n) is 6.33. The first-order chi connectivity index (χ1) is 14.8. The fraction of sp³-hybridized carbons (Fsp3) is 0.0952. The summed E-state index contributed by atoms with van der Waals surface area (Å²) in [6, 6.07) is 15.9. The molecule has 0 unspecified atom stereocenters. The van der Waals surface area contributed by atoms with E-state index in [9.17, 15) is 27.6 Å². The quantitative estimate of drug-likeness (QED) is 0.586. The highest BCUT2D eigenvalue weighted by Gasteiger charge is 2.34. The van der Waals surface area contributed by atoms with Crippen molar-refractivity contribution in [3.63, 3.8) is 0 Å². The summed E-state index contributed by atoms with van der Waals surface area (Å²) in [6.45, 7) is 0.221. The molecule has 7 nitrogen and oxygen atoms in total. The largest absolute Gasteiger partial charge is 0.417 e. The van der Waals surface area contributed by atoms with Crippen LogP contribution in [0.1, 0.15) is 31.8 Å². The van der Waals surface area contributed by atoms with Crippen LogP contribution in [0.3, 0.4) is 0 Å². The first kappa shape index (κ1) is 21.8. The highest BCUT2D eigenvalue weighted by Crippen LogP contribution is 2.31. The monoisotopic (exact) mass is 431 g/mol. The zero-order valence-electron chi connectivity index (χ0n) is 15.8. The SMILES string of the molecule is O=C(NNOC(=O)c1cccn(Cc2ccccc2)c1=O)c1ccccc1C(F)(F)F. The van der Waals surface area contributed by atoms with Crippen molar-refractivity contribution in [1.29, 1.82) is 0 Å². The first-order valence-electron chi connectivity index (χ1n) is 8.93. The Kier molecular flexibility index (Phi) is 6.51. The third kappa shape index (κ3) is 5.37. The van der Waals surface area contributed by atoms with Gasteiger partial charge in [-0.15, -0.1) is 0 Å². The molecule has 0 saturated heterocycles. The Morgan fingerprint density at radius 1 is 0.903 bits per heavy atom. The number of carbonyl (C=O) groups is 2. The Morgan fingerprint density at radius 2 is 1.55 bits per heavy atom. The number of hydrogen-bond donors (Lipinski definition) is 2. The molecular weight excluding hydrogens is 415 g/mol. The van der Waals surface area contributed by atoms with Crippen molar-refractivity contribution in [2.45, 2.75) is 12.7 Å². The van der Waals surface area contributed by atoms with E-state index in [0.29, 0.717) is 0 Å². The third-order valence-corrected chi connectivity index (χ3v) is 4.22. The van der Waals surface area contributed by atoms with Crippen LogP contribution in [0.5, 0.6) is 0 Å².